The van der Waals surface area contributed by atoms with E-state index in [1.54, 1.807) is 60.7 Å². The lowest BCUT2D eigenvalue weighted by Crippen LogP contribution is -2.17. The molecule has 0 saturated heterocycles. The summed E-state index contributed by atoms with van der Waals surface area (Å²) in [6.07, 6.45) is 3.58. The lowest BCUT2D eigenvalue weighted by molar-refractivity contribution is 0.0734. The van der Waals surface area contributed by atoms with Gasteiger partial charge in [-0.05, 0) is 79.6 Å². The smallest absolute Gasteiger partial charge is 0.343 e. The molecular formula is C26H26N2O4. The van der Waals surface area contributed by atoms with E-state index in [9.17, 15) is 9.59 Å². The molecule has 0 bridgehead atoms. The Labute approximate surface area is 187 Å². The predicted octanol–water partition coefficient (Wildman–Crippen LogP) is 5.16. The van der Waals surface area contributed by atoms with Crippen molar-refractivity contribution < 1.29 is 19.1 Å². The molecule has 0 aliphatic heterocycles. The van der Waals surface area contributed by atoms with Crippen LogP contribution < -0.4 is 14.9 Å². The Bertz CT molecular complexity index is 1060. The van der Waals surface area contributed by atoms with Gasteiger partial charge in [-0.1, -0.05) is 31.0 Å². The van der Waals surface area contributed by atoms with Crippen LogP contribution in [-0.2, 0) is 0 Å². The van der Waals surface area contributed by atoms with Gasteiger partial charge >= 0.3 is 5.97 Å². The topological polar surface area (TPSA) is 77.0 Å². The summed E-state index contributed by atoms with van der Waals surface area (Å²) < 4.78 is 11.0. The van der Waals surface area contributed by atoms with Crippen molar-refractivity contribution in [3.63, 3.8) is 0 Å². The molecule has 0 aliphatic carbocycles. The first kappa shape index (κ1) is 22.7. The number of carbonyl (C=O) groups is 2. The van der Waals surface area contributed by atoms with Crippen LogP contribution in [0.1, 0.15) is 51.6 Å². The van der Waals surface area contributed by atoms with Gasteiger partial charge in [-0.15, -0.1) is 0 Å². The molecule has 3 aromatic carbocycles. The van der Waals surface area contributed by atoms with Crippen LogP contribution in [0.5, 0.6) is 11.5 Å². The second-order valence-corrected chi connectivity index (χ2v) is 7.25. The summed E-state index contributed by atoms with van der Waals surface area (Å²) in [5.41, 5.74) is 5.31. The number of unbranched alkanes of at least 4 members (excludes halogenated alkanes) is 1. The highest BCUT2D eigenvalue weighted by Gasteiger charge is 2.09. The van der Waals surface area contributed by atoms with E-state index in [0.29, 0.717) is 23.5 Å². The number of hydrazone groups is 1. The fraction of sp³-hybridized carbons (Fsp3) is 0.192. The molecular weight excluding hydrogens is 404 g/mol. The minimum atomic E-state index is -0.447. The molecule has 0 unspecified atom stereocenters. The summed E-state index contributed by atoms with van der Waals surface area (Å²) in [5.74, 6) is 0.415. The number of nitrogens with one attached hydrogen (secondary N) is 1. The molecule has 6 nitrogen and oxygen atoms in total. The lowest BCUT2D eigenvalue weighted by Gasteiger charge is -2.07. The lowest BCUT2D eigenvalue weighted by atomic mass is 10.1. The van der Waals surface area contributed by atoms with Gasteiger partial charge < -0.3 is 9.47 Å². The van der Waals surface area contributed by atoms with Crippen molar-refractivity contribution in [2.24, 2.45) is 5.10 Å². The van der Waals surface area contributed by atoms with Crippen LogP contribution in [0.2, 0.25) is 0 Å². The molecule has 3 rings (SSSR count). The second-order valence-electron chi connectivity index (χ2n) is 7.25. The van der Waals surface area contributed by atoms with E-state index in [2.05, 4.69) is 17.5 Å². The Hall–Kier alpha value is -3.93. The van der Waals surface area contributed by atoms with Crippen LogP contribution in [0.15, 0.2) is 77.9 Å². The Morgan fingerprint density at radius 2 is 1.50 bits per heavy atom. The van der Waals surface area contributed by atoms with Crippen molar-refractivity contribution in [1.82, 2.24) is 5.43 Å². The van der Waals surface area contributed by atoms with Crippen molar-refractivity contribution >= 4 is 18.1 Å². The molecule has 1 N–H and O–H groups in total. The molecule has 32 heavy (non-hydrogen) atoms. The van der Waals surface area contributed by atoms with Crippen molar-refractivity contribution in [3.8, 4) is 11.5 Å². The molecule has 3 aromatic rings. The maximum absolute atomic E-state index is 12.3. The third kappa shape index (κ3) is 6.80. The number of hydrogen-bond donors (Lipinski definition) is 1. The number of nitrogens with zero attached hydrogens (tertiary/aromatic N) is 1. The van der Waals surface area contributed by atoms with E-state index in [4.69, 9.17) is 9.47 Å². The van der Waals surface area contributed by atoms with Gasteiger partial charge in [-0.2, -0.15) is 5.10 Å². The Balaban J connectivity index is 1.50. The Morgan fingerprint density at radius 1 is 0.875 bits per heavy atom. The van der Waals surface area contributed by atoms with Crippen LogP contribution in [0.25, 0.3) is 0 Å². The summed E-state index contributed by atoms with van der Waals surface area (Å²) in [6, 6.07) is 20.9. The summed E-state index contributed by atoms with van der Waals surface area (Å²) in [7, 11) is 0. The number of esters is 1. The van der Waals surface area contributed by atoms with Gasteiger partial charge in [0.05, 0.1) is 18.4 Å². The zero-order chi connectivity index (χ0) is 22.8. The third-order valence-electron chi connectivity index (χ3n) is 4.64. The van der Waals surface area contributed by atoms with E-state index >= 15 is 0 Å². The van der Waals surface area contributed by atoms with Gasteiger partial charge in [0.25, 0.3) is 5.91 Å². The minimum absolute atomic E-state index is 0.284. The number of amides is 1. The average Bonchev–Trinajstić information content (AvgIpc) is 2.81. The van der Waals surface area contributed by atoms with E-state index in [0.717, 1.165) is 29.7 Å². The molecule has 0 saturated carbocycles. The number of benzene rings is 3. The number of rotatable bonds is 9. The van der Waals surface area contributed by atoms with Gasteiger partial charge in [0.1, 0.15) is 11.5 Å². The third-order valence-corrected chi connectivity index (χ3v) is 4.64. The maximum Gasteiger partial charge on any atom is 0.343 e. The van der Waals surface area contributed by atoms with Crippen molar-refractivity contribution in [3.05, 3.63) is 95.1 Å². The normalized spacial score (nSPS) is 10.7. The van der Waals surface area contributed by atoms with Gasteiger partial charge in [-0.25, -0.2) is 10.2 Å². The first-order valence-electron chi connectivity index (χ1n) is 10.5. The molecule has 0 heterocycles. The number of aryl methyl sites for hydroxylation is 1. The van der Waals surface area contributed by atoms with E-state index in [1.165, 1.54) is 6.21 Å². The fourth-order valence-corrected chi connectivity index (χ4v) is 2.74. The first-order chi connectivity index (χ1) is 15.5. The first-order valence-corrected chi connectivity index (χ1v) is 10.5. The Morgan fingerprint density at radius 3 is 2.16 bits per heavy atom. The number of ether oxygens (including phenoxy) is 2. The number of carbonyl (C=O) groups excluding carboxylic acids is 2. The summed E-state index contributed by atoms with van der Waals surface area (Å²) >= 11 is 0. The molecule has 0 aliphatic rings. The SMILES string of the molecule is CCCCOc1ccc(C(=O)Oc2ccc(/C=N/NC(=O)c3ccc(C)cc3)cc2)cc1. The minimum Gasteiger partial charge on any atom is -0.494 e. The quantitative estimate of drug-likeness (QED) is 0.167. The number of hydrogen-bond acceptors (Lipinski definition) is 5. The molecule has 0 radical (unpaired) electrons. The molecule has 6 heteroatoms. The molecule has 164 valence electrons. The molecule has 0 fully saturated rings. The monoisotopic (exact) mass is 430 g/mol. The zero-order valence-electron chi connectivity index (χ0n) is 18.2. The van der Waals surface area contributed by atoms with Crippen LogP contribution in [0.3, 0.4) is 0 Å². The molecule has 0 atom stereocenters. The largest absolute Gasteiger partial charge is 0.494 e. The second kappa shape index (κ2) is 11.5. The van der Waals surface area contributed by atoms with Crippen LogP contribution >= 0.6 is 0 Å². The highest BCUT2D eigenvalue weighted by atomic mass is 16.5. The van der Waals surface area contributed by atoms with Crippen LogP contribution in [-0.4, -0.2) is 24.7 Å². The highest BCUT2D eigenvalue weighted by molar-refractivity contribution is 5.95. The van der Waals surface area contributed by atoms with Crippen molar-refractivity contribution in [2.45, 2.75) is 26.7 Å². The zero-order valence-corrected chi connectivity index (χ0v) is 18.2. The summed E-state index contributed by atoms with van der Waals surface area (Å²) in [4.78, 5) is 24.4. The van der Waals surface area contributed by atoms with Gasteiger partial charge in [0, 0.05) is 5.56 Å². The van der Waals surface area contributed by atoms with Gasteiger partial charge in [-0.3, -0.25) is 4.79 Å². The van der Waals surface area contributed by atoms with E-state index < -0.39 is 5.97 Å². The Kier molecular flexibility index (Phi) is 8.15. The van der Waals surface area contributed by atoms with E-state index in [1.807, 2.05) is 19.1 Å². The molecule has 0 spiro atoms. The summed E-state index contributed by atoms with van der Waals surface area (Å²) in [5, 5.41) is 3.97. The van der Waals surface area contributed by atoms with E-state index in [-0.39, 0.29) is 5.91 Å². The average molecular weight is 431 g/mol. The van der Waals surface area contributed by atoms with Crippen molar-refractivity contribution in [1.29, 1.82) is 0 Å². The van der Waals surface area contributed by atoms with Crippen LogP contribution in [0.4, 0.5) is 0 Å². The summed E-state index contributed by atoms with van der Waals surface area (Å²) in [6.45, 7) is 4.72. The van der Waals surface area contributed by atoms with Crippen molar-refractivity contribution in [2.75, 3.05) is 6.61 Å². The van der Waals surface area contributed by atoms with Gasteiger partial charge in [0.15, 0.2) is 0 Å². The molecule has 0 aromatic heterocycles. The van der Waals surface area contributed by atoms with Gasteiger partial charge in [0.2, 0.25) is 0 Å². The standard InChI is InChI=1S/C26H26N2O4/c1-3-4-17-31-23-15-11-22(12-16-23)26(30)32-24-13-7-20(8-14-24)18-27-28-25(29)21-9-5-19(2)6-10-21/h5-16,18H,3-4,17H2,1-2H3,(H,28,29)/b27-18+. The fourth-order valence-electron chi connectivity index (χ4n) is 2.74. The van der Waals surface area contributed by atoms with Crippen LogP contribution in [0, 0.1) is 6.92 Å². The highest BCUT2D eigenvalue weighted by Crippen LogP contribution is 2.16. The molecule has 1 amide bonds. The maximum atomic E-state index is 12.3. The predicted molar refractivity (Wildman–Crippen MR) is 124 cm³/mol.